The van der Waals surface area contributed by atoms with Crippen molar-refractivity contribution in [1.29, 1.82) is 0 Å². The summed E-state index contributed by atoms with van der Waals surface area (Å²) in [5.74, 6) is -0.653. The van der Waals surface area contributed by atoms with E-state index < -0.39 is 15.8 Å². The van der Waals surface area contributed by atoms with Crippen LogP contribution in [0.5, 0.6) is 0 Å². The maximum absolute atomic E-state index is 13.0. The molecular weight excluding hydrogens is 446 g/mol. The molecule has 32 heavy (non-hydrogen) atoms. The maximum Gasteiger partial charge on any atom is 0.238 e. The van der Waals surface area contributed by atoms with E-state index in [9.17, 15) is 18.3 Å². The Morgan fingerprint density at radius 3 is 1.97 bits per heavy atom. The van der Waals surface area contributed by atoms with Crippen molar-refractivity contribution >= 4 is 50.8 Å². The number of nitrogens with two attached hydrogens (primary N) is 1. The molecule has 3 aromatic rings. The molecule has 0 atom stereocenters. The molecule has 9 heteroatoms. The molecule has 4 N–H and O–H groups in total. The van der Waals surface area contributed by atoms with Crippen molar-refractivity contribution in [3.05, 3.63) is 102 Å². The van der Waals surface area contributed by atoms with Crippen molar-refractivity contribution in [3.8, 4) is 0 Å². The van der Waals surface area contributed by atoms with Crippen LogP contribution in [0.25, 0.3) is 5.76 Å². The van der Waals surface area contributed by atoms with Crippen LogP contribution in [-0.4, -0.2) is 30.6 Å². The largest absolute Gasteiger partial charge is 0.506 e. The number of carbonyl (C=O) groups is 1. The standard InChI is InChI=1S/C23H19N3O4S2/c24-32(29,30)19-13-11-18(12-14-19)26-23(31)25-15-20(21(27)16-7-3-1-4-8-16)22(28)17-9-5-2-6-10-17/h1-15,27H,(H,26,31)(H2,24,29,30)/b21-20-,25-15-. The second-order valence-corrected chi connectivity index (χ2v) is 8.53. The van der Waals surface area contributed by atoms with Crippen LogP contribution in [0, 0.1) is 0 Å². The number of anilines is 1. The van der Waals surface area contributed by atoms with Gasteiger partial charge in [0.25, 0.3) is 0 Å². The molecule has 162 valence electrons. The van der Waals surface area contributed by atoms with Crippen LogP contribution in [0.15, 0.2) is 100 Å². The highest BCUT2D eigenvalue weighted by Gasteiger charge is 2.17. The number of nitrogens with one attached hydrogen (secondary N) is 1. The van der Waals surface area contributed by atoms with Crippen LogP contribution in [0.3, 0.4) is 0 Å². The molecule has 3 rings (SSSR count). The van der Waals surface area contributed by atoms with Crippen LogP contribution in [0.4, 0.5) is 5.69 Å². The smallest absolute Gasteiger partial charge is 0.238 e. The molecule has 0 aromatic heterocycles. The lowest BCUT2D eigenvalue weighted by atomic mass is 10.0. The second kappa shape index (κ2) is 10.1. The van der Waals surface area contributed by atoms with E-state index in [2.05, 4.69) is 10.3 Å². The normalized spacial score (nSPS) is 12.3. The van der Waals surface area contributed by atoms with Gasteiger partial charge in [0.2, 0.25) is 10.0 Å². The number of hydrogen-bond acceptors (Lipinski definition) is 5. The van der Waals surface area contributed by atoms with E-state index in [1.54, 1.807) is 60.7 Å². The fraction of sp³-hybridized carbons (Fsp3) is 0. The van der Waals surface area contributed by atoms with E-state index in [0.717, 1.165) is 0 Å². The summed E-state index contributed by atoms with van der Waals surface area (Å²) in [7, 11) is -3.80. The zero-order valence-electron chi connectivity index (χ0n) is 16.7. The minimum Gasteiger partial charge on any atom is -0.506 e. The van der Waals surface area contributed by atoms with E-state index in [-0.39, 0.29) is 21.3 Å². The molecule has 0 spiro atoms. The maximum atomic E-state index is 13.0. The Hall–Kier alpha value is -3.66. The molecule has 0 aliphatic heterocycles. The van der Waals surface area contributed by atoms with Crippen LogP contribution in [0.2, 0.25) is 0 Å². The summed E-state index contributed by atoms with van der Waals surface area (Å²) >= 11 is 5.20. The van der Waals surface area contributed by atoms with E-state index in [4.69, 9.17) is 17.4 Å². The number of carbonyl (C=O) groups excluding carboxylic acids is 1. The minimum atomic E-state index is -3.80. The van der Waals surface area contributed by atoms with Gasteiger partial charge in [0.15, 0.2) is 10.9 Å². The van der Waals surface area contributed by atoms with Crippen LogP contribution >= 0.6 is 12.2 Å². The van der Waals surface area contributed by atoms with Gasteiger partial charge < -0.3 is 10.4 Å². The number of aliphatic imine (C=N–C) groups is 1. The number of ketones is 1. The first kappa shape index (κ1) is 23.0. The molecule has 7 nitrogen and oxygen atoms in total. The number of nitrogens with zero attached hydrogens (tertiary/aromatic N) is 1. The zero-order valence-corrected chi connectivity index (χ0v) is 18.3. The predicted octanol–water partition coefficient (Wildman–Crippen LogP) is 3.95. The minimum absolute atomic E-state index is 0.00702. The lowest BCUT2D eigenvalue weighted by molar-refractivity contribution is 0.104. The summed E-state index contributed by atoms with van der Waals surface area (Å²) in [4.78, 5) is 17.1. The number of primary sulfonamides is 1. The third kappa shape index (κ3) is 5.94. The van der Waals surface area contributed by atoms with Crippen molar-refractivity contribution in [2.75, 3.05) is 5.32 Å². The van der Waals surface area contributed by atoms with E-state index in [1.165, 1.54) is 30.5 Å². The highest BCUT2D eigenvalue weighted by Crippen LogP contribution is 2.19. The van der Waals surface area contributed by atoms with Gasteiger partial charge in [-0.05, 0) is 36.5 Å². The Kier molecular flexibility index (Phi) is 7.26. The van der Waals surface area contributed by atoms with Gasteiger partial charge in [0.05, 0.1) is 10.5 Å². The Bertz CT molecular complexity index is 1290. The first-order chi connectivity index (χ1) is 15.3. The highest BCUT2D eigenvalue weighted by molar-refractivity contribution is 7.89. The molecule has 0 amide bonds. The summed E-state index contributed by atoms with van der Waals surface area (Å²) in [6, 6.07) is 22.7. The SMILES string of the molecule is NS(=O)(=O)c1ccc(NC(=S)/N=C\C(C(=O)c2ccccc2)=C(\O)c2ccccc2)cc1. The molecule has 3 aromatic carbocycles. The van der Waals surface area contributed by atoms with Gasteiger partial charge in [-0.25, -0.2) is 18.5 Å². The number of allylic oxidation sites excluding steroid dienone is 1. The average molecular weight is 466 g/mol. The van der Waals surface area contributed by atoms with Gasteiger partial charge in [-0.2, -0.15) is 0 Å². The molecule has 0 fully saturated rings. The van der Waals surface area contributed by atoms with Crippen LogP contribution in [0.1, 0.15) is 15.9 Å². The Morgan fingerprint density at radius 1 is 0.906 bits per heavy atom. The van der Waals surface area contributed by atoms with Crippen LogP contribution < -0.4 is 10.5 Å². The summed E-state index contributed by atoms with van der Waals surface area (Å²) < 4.78 is 22.7. The van der Waals surface area contributed by atoms with E-state index >= 15 is 0 Å². The molecule has 0 saturated heterocycles. The molecule has 0 radical (unpaired) electrons. The van der Waals surface area contributed by atoms with E-state index in [0.29, 0.717) is 16.8 Å². The Labute approximate surface area is 191 Å². The van der Waals surface area contributed by atoms with Crippen LogP contribution in [-0.2, 0) is 10.0 Å². The van der Waals surface area contributed by atoms with Crippen molar-refractivity contribution in [2.24, 2.45) is 10.1 Å². The molecular formula is C23H19N3O4S2. The second-order valence-electron chi connectivity index (χ2n) is 6.58. The predicted molar refractivity (Wildman–Crippen MR) is 129 cm³/mol. The van der Waals surface area contributed by atoms with Crippen molar-refractivity contribution in [1.82, 2.24) is 0 Å². The molecule has 0 unspecified atom stereocenters. The first-order valence-corrected chi connectivity index (χ1v) is 11.3. The molecule has 0 saturated carbocycles. The number of thiocarbonyl (C=S) groups is 1. The Balaban J connectivity index is 1.87. The number of sulfonamides is 1. The number of aliphatic hydroxyl groups excluding tert-OH is 1. The third-order valence-electron chi connectivity index (χ3n) is 4.33. The summed E-state index contributed by atoms with van der Waals surface area (Å²) in [5.41, 5.74) is 1.28. The lowest BCUT2D eigenvalue weighted by Gasteiger charge is -2.08. The van der Waals surface area contributed by atoms with Gasteiger partial charge in [0, 0.05) is 23.0 Å². The fourth-order valence-corrected chi connectivity index (χ4v) is 3.42. The van der Waals surface area contributed by atoms with E-state index in [1.807, 2.05) is 0 Å². The highest BCUT2D eigenvalue weighted by atomic mass is 32.2. The molecule has 0 aliphatic carbocycles. The first-order valence-electron chi connectivity index (χ1n) is 9.32. The number of Topliss-reactive ketones (excluding diaryl/α,β-unsaturated/α-hetero) is 1. The molecule has 0 heterocycles. The van der Waals surface area contributed by atoms with Crippen molar-refractivity contribution in [3.63, 3.8) is 0 Å². The van der Waals surface area contributed by atoms with Gasteiger partial charge >= 0.3 is 0 Å². The summed E-state index contributed by atoms with van der Waals surface area (Å²) in [5, 5.41) is 18.7. The topological polar surface area (TPSA) is 122 Å². The number of hydrogen-bond donors (Lipinski definition) is 3. The van der Waals surface area contributed by atoms with Crippen molar-refractivity contribution in [2.45, 2.75) is 4.90 Å². The van der Waals surface area contributed by atoms with Gasteiger partial charge in [-0.3, -0.25) is 4.79 Å². The molecule has 0 bridgehead atoms. The Morgan fingerprint density at radius 2 is 1.44 bits per heavy atom. The van der Waals surface area contributed by atoms with Gasteiger partial charge in [-0.15, -0.1) is 0 Å². The van der Waals surface area contributed by atoms with Crippen molar-refractivity contribution < 1.29 is 18.3 Å². The van der Waals surface area contributed by atoms with Gasteiger partial charge in [0.1, 0.15) is 5.76 Å². The fourth-order valence-electron chi connectivity index (χ4n) is 2.73. The summed E-state index contributed by atoms with van der Waals surface area (Å²) in [6.45, 7) is 0. The lowest BCUT2D eigenvalue weighted by Crippen LogP contribution is -2.13. The number of aliphatic hydroxyl groups is 1. The monoisotopic (exact) mass is 465 g/mol. The average Bonchev–Trinajstić information content (AvgIpc) is 2.80. The summed E-state index contributed by atoms with van der Waals surface area (Å²) in [6.07, 6.45) is 1.20. The number of benzene rings is 3. The zero-order chi connectivity index (χ0) is 23.1. The number of rotatable bonds is 6. The molecule has 0 aliphatic rings. The van der Waals surface area contributed by atoms with Gasteiger partial charge in [-0.1, -0.05) is 60.7 Å². The quantitative estimate of drug-likeness (QED) is 0.167. The third-order valence-corrected chi connectivity index (χ3v) is 5.46.